The molecule has 0 amide bonds. The van der Waals surface area contributed by atoms with Crippen molar-refractivity contribution < 1.29 is 0 Å². The maximum atomic E-state index is 9.54. The minimum absolute atomic E-state index is 0.0528. The van der Waals surface area contributed by atoms with E-state index in [9.17, 15) is 5.26 Å². The Balaban J connectivity index is 1.48. The molecule has 7 aromatic rings. The Kier molecular flexibility index (Phi) is 4.80. The van der Waals surface area contributed by atoms with Gasteiger partial charge in [-0.15, -0.1) is 0 Å². The molecule has 9 rings (SSSR count). The van der Waals surface area contributed by atoms with E-state index in [0.717, 1.165) is 39.4 Å². The van der Waals surface area contributed by atoms with Crippen molar-refractivity contribution in [1.29, 1.82) is 5.26 Å². The van der Waals surface area contributed by atoms with Gasteiger partial charge in [-0.3, -0.25) is 0 Å². The normalized spacial score (nSPS) is 12.5. The van der Waals surface area contributed by atoms with Gasteiger partial charge in [-0.25, -0.2) is 4.85 Å². The number of hydrogen-bond acceptors (Lipinski definition) is 2. The first-order valence-corrected chi connectivity index (χ1v) is 14.3. The van der Waals surface area contributed by atoms with Gasteiger partial charge in [0.1, 0.15) is 0 Å². The Morgan fingerprint density at radius 1 is 0.674 bits per heavy atom. The average Bonchev–Trinajstić information content (AvgIpc) is 3.41. The predicted molar refractivity (Wildman–Crippen MR) is 177 cm³/mol. The van der Waals surface area contributed by atoms with Crippen LogP contribution in [0.25, 0.3) is 43.5 Å². The second kappa shape index (κ2) is 8.73. The fraction of sp³-hybridized carbons (Fsp3) is 0. The summed E-state index contributed by atoms with van der Waals surface area (Å²) in [5, 5.41) is 12.0. The van der Waals surface area contributed by atoms with Crippen LogP contribution in [-0.4, -0.2) is 11.3 Å². The third-order valence-electron chi connectivity index (χ3n) is 9.01. The van der Waals surface area contributed by atoms with Crippen molar-refractivity contribution in [3.63, 3.8) is 0 Å². The highest BCUT2D eigenvalue weighted by atomic mass is 15.2. The Hall–Kier alpha value is -6.04. The molecular weight excluding hydrogens is 523 g/mol. The van der Waals surface area contributed by atoms with E-state index in [-0.39, 0.29) is 6.71 Å². The fourth-order valence-electron chi connectivity index (χ4n) is 7.31. The van der Waals surface area contributed by atoms with E-state index in [1.807, 2.05) is 12.1 Å². The molecule has 0 N–H and O–H groups in total. The van der Waals surface area contributed by atoms with E-state index in [1.54, 1.807) is 12.1 Å². The third-order valence-corrected chi connectivity index (χ3v) is 9.01. The van der Waals surface area contributed by atoms with Gasteiger partial charge >= 0.3 is 0 Å². The van der Waals surface area contributed by atoms with Crippen LogP contribution in [0.5, 0.6) is 0 Å². The highest BCUT2D eigenvalue weighted by Gasteiger charge is 2.42. The second-order valence-corrected chi connectivity index (χ2v) is 11.1. The van der Waals surface area contributed by atoms with Crippen LogP contribution in [0.3, 0.4) is 0 Å². The molecule has 0 unspecified atom stereocenters. The number of benzene rings is 6. The molecule has 6 aromatic carbocycles. The molecular formula is C38H21BN4. The van der Waals surface area contributed by atoms with Crippen LogP contribution in [0.15, 0.2) is 127 Å². The number of para-hydroxylation sites is 4. The van der Waals surface area contributed by atoms with E-state index in [4.69, 9.17) is 6.57 Å². The molecule has 3 heterocycles. The van der Waals surface area contributed by atoms with Gasteiger partial charge in [0.25, 0.3) is 6.71 Å². The molecule has 43 heavy (non-hydrogen) atoms. The predicted octanol–water partition coefficient (Wildman–Crippen LogP) is 7.49. The molecule has 0 radical (unpaired) electrons. The second-order valence-electron chi connectivity index (χ2n) is 11.1. The SMILES string of the molecule is [C-]#[N+]c1cc(C#N)ccc1-c1cc2c3c(c1)-n1c4ccccc4c4cccc(c41)B3c1ccccc1N2c1ccccc1. The minimum atomic E-state index is 0.0528. The van der Waals surface area contributed by atoms with Gasteiger partial charge in [-0.2, -0.15) is 5.26 Å². The van der Waals surface area contributed by atoms with Gasteiger partial charge in [0.2, 0.25) is 0 Å². The first-order chi connectivity index (χ1) is 21.3. The van der Waals surface area contributed by atoms with Crippen LogP contribution in [0.2, 0.25) is 0 Å². The summed E-state index contributed by atoms with van der Waals surface area (Å²) in [5.74, 6) is 0. The van der Waals surface area contributed by atoms with Crippen molar-refractivity contribution in [2.75, 3.05) is 4.90 Å². The molecule has 0 fully saturated rings. The molecule has 2 aliphatic heterocycles. The Bertz CT molecular complexity index is 2390. The summed E-state index contributed by atoms with van der Waals surface area (Å²) < 4.78 is 2.43. The van der Waals surface area contributed by atoms with Gasteiger partial charge in [0.05, 0.1) is 18.2 Å². The number of aromatic nitrogens is 1. The molecule has 0 aliphatic carbocycles. The summed E-state index contributed by atoms with van der Waals surface area (Å²) in [6.45, 7) is 8.03. The van der Waals surface area contributed by atoms with Gasteiger partial charge in [0.15, 0.2) is 5.69 Å². The monoisotopic (exact) mass is 544 g/mol. The molecule has 2 aliphatic rings. The van der Waals surface area contributed by atoms with Crippen LogP contribution in [0.4, 0.5) is 22.7 Å². The van der Waals surface area contributed by atoms with Crippen LogP contribution in [-0.2, 0) is 0 Å². The number of hydrogen-bond donors (Lipinski definition) is 0. The Labute approximate surface area is 249 Å². The van der Waals surface area contributed by atoms with Crippen molar-refractivity contribution >= 4 is 67.7 Å². The lowest BCUT2D eigenvalue weighted by molar-refractivity contribution is 1.18. The summed E-state index contributed by atoms with van der Waals surface area (Å²) in [5.41, 5.74) is 13.4. The maximum Gasteiger partial charge on any atom is 0.252 e. The molecule has 0 bridgehead atoms. The molecule has 0 spiro atoms. The topological polar surface area (TPSA) is 36.3 Å². The lowest BCUT2D eigenvalue weighted by Crippen LogP contribution is -2.60. The number of nitriles is 1. The van der Waals surface area contributed by atoms with Crippen molar-refractivity contribution in [2.45, 2.75) is 0 Å². The van der Waals surface area contributed by atoms with Gasteiger partial charge in [-0.1, -0.05) is 78.9 Å². The zero-order valence-electron chi connectivity index (χ0n) is 23.0. The summed E-state index contributed by atoms with van der Waals surface area (Å²) in [4.78, 5) is 6.23. The number of rotatable bonds is 2. The highest BCUT2D eigenvalue weighted by Crippen LogP contribution is 2.44. The largest absolute Gasteiger partial charge is 0.311 e. The standard InChI is InChI=1S/C38H21BN4/c1-41-32-20-24(23-40)18-19-27(32)25-21-35-37-36(22-25)43-33-16-7-5-12-28(33)29-13-9-15-31(38(29)43)39(37)30-14-6-8-17-34(30)42(35)26-10-3-2-4-11-26/h2-22H. The summed E-state index contributed by atoms with van der Waals surface area (Å²) in [6, 6.07) is 46.7. The van der Waals surface area contributed by atoms with E-state index in [2.05, 4.69) is 124 Å². The Morgan fingerprint density at radius 2 is 1.42 bits per heavy atom. The average molecular weight is 544 g/mol. The van der Waals surface area contributed by atoms with Crippen LogP contribution < -0.4 is 21.3 Å². The molecule has 0 saturated carbocycles. The van der Waals surface area contributed by atoms with Crippen LogP contribution in [0, 0.1) is 17.9 Å². The summed E-state index contributed by atoms with van der Waals surface area (Å²) in [6.07, 6.45) is 0. The van der Waals surface area contributed by atoms with E-state index >= 15 is 0 Å². The van der Waals surface area contributed by atoms with Crippen molar-refractivity contribution in [3.05, 3.63) is 144 Å². The fourth-order valence-corrected chi connectivity index (χ4v) is 7.31. The zero-order chi connectivity index (χ0) is 28.7. The lowest BCUT2D eigenvalue weighted by Gasteiger charge is -2.40. The first-order valence-electron chi connectivity index (χ1n) is 14.3. The Morgan fingerprint density at radius 3 is 2.28 bits per heavy atom. The molecule has 196 valence electrons. The van der Waals surface area contributed by atoms with Gasteiger partial charge < -0.3 is 9.47 Å². The zero-order valence-corrected chi connectivity index (χ0v) is 23.0. The molecule has 0 saturated heterocycles. The van der Waals surface area contributed by atoms with Crippen LogP contribution in [0.1, 0.15) is 5.56 Å². The van der Waals surface area contributed by atoms with Gasteiger partial charge in [0, 0.05) is 44.6 Å². The van der Waals surface area contributed by atoms with E-state index in [1.165, 1.54) is 32.7 Å². The smallest absolute Gasteiger partial charge is 0.252 e. The quantitative estimate of drug-likeness (QED) is 0.167. The third kappa shape index (κ3) is 3.14. The molecule has 0 atom stereocenters. The maximum absolute atomic E-state index is 9.54. The summed E-state index contributed by atoms with van der Waals surface area (Å²) >= 11 is 0. The van der Waals surface area contributed by atoms with Gasteiger partial charge in [-0.05, 0) is 76.0 Å². The summed E-state index contributed by atoms with van der Waals surface area (Å²) in [7, 11) is 0. The van der Waals surface area contributed by atoms with E-state index in [0.29, 0.717) is 11.3 Å². The number of fused-ring (bicyclic) bond motifs is 7. The van der Waals surface area contributed by atoms with Crippen molar-refractivity contribution in [2.24, 2.45) is 0 Å². The first kappa shape index (κ1) is 23.6. The molecule has 5 heteroatoms. The van der Waals surface area contributed by atoms with Crippen LogP contribution >= 0.6 is 0 Å². The number of anilines is 3. The van der Waals surface area contributed by atoms with E-state index < -0.39 is 0 Å². The molecule has 1 aromatic heterocycles. The van der Waals surface area contributed by atoms with Crippen molar-refractivity contribution in [1.82, 2.24) is 4.57 Å². The minimum Gasteiger partial charge on any atom is -0.311 e. The number of nitrogens with zero attached hydrogens (tertiary/aromatic N) is 4. The lowest BCUT2D eigenvalue weighted by atomic mass is 9.33. The van der Waals surface area contributed by atoms with Crippen molar-refractivity contribution in [3.8, 4) is 22.9 Å². The highest BCUT2D eigenvalue weighted by molar-refractivity contribution is 7.00. The molecule has 4 nitrogen and oxygen atoms in total.